The molecule has 6 heteroatoms. The molecule has 0 aliphatic heterocycles. The van der Waals surface area contributed by atoms with Crippen LogP contribution in [0, 0.1) is 5.82 Å². The molecule has 1 aromatic carbocycles. The topological polar surface area (TPSA) is 42.7 Å². The van der Waals surface area contributed by atoms with Crippen molar-refractivity contribution in [1.82, 2.24) is 20.1 Å². The normalized spacial score (nSPS) is 10.8. The van der Waals surface area contributed by atoms with Crippen LogP contribution in [-0.2, 0) is 13.6 Å². The largest absolute Gasteiger partial charge is 0.313 e. The van der Waals surface area contributed by atoms with E-state index in [1.807, 2.05) is 20.0 Å². The molecular formula is C12H15FN4S. The van der Waals surface area contributed by atoms with Crippen LogP contribution in [0.25, 0.3) is 0 Å². The van der Waals surface area contributed by atoms with Crippen LogP contribution in [0.1, 0.15) is 12.5 Å². The second-order valence-corrected chi connectivity index (χ2v) is 4.81. The Hall–Kier alpha value is -1.40. The first-order valence-electron chi connectivity index (χ1n) is 5.72. The maximum Gasteiger partial charge on any atom is 0.195 e. The van der Waals surface area contributed by atoms with E-state index in [4.69, 9.17) is 0 Å². The monoisotopic (exact) mass is 266 g/mol. The number of aromatic nitrogens is 3. The predicted octanol–water partition coefficient (Wildman–Crippen LogP) is 2.21. The smallest absolute Gasteiger partial charge is 0.195 e. The summed E-state index contributed by atoms with van der Waals surface area (Å²) in [5, 5.41) is 11.6. The summed E-state index contributed by atoms with van der Waals surface area (Å²) in [6, 6.07) is 5.11. The van der Waals surface area contributed by atoms with Gasteiger partial charge in [-0.2, -0.15) is 0 Å². The van der Waals surface area contributed by atoms with Gasteiger partial charge in [0, 0.05) is 13.6 Å². The van der Waals surface area contributed by atoms with Crippen LogP contribution in [0.2, 0.25) is 0 Å². The molecule has 0 amide bonds. The van der Waals surface area contributed by atoms with Crippen molar-refractivity contribution < 1.29 is 4.39 Å². The van der Waals surface area contributed by atoms with Crippen molar-refractivity contribution in [3.63, 3.8) is 0 Å². The first-order valence-corrected chi connectivity index (χ1v) is 6.54. The lowest BCUT2D eigenvalue weighted by atomic mass is 10.2. The van der Waals surface area contributed by atoms with Crippen LogP contribution < -0.4 is 5.32 Å². The molecule has 2 aromatic rings. The summed E-state index contributed by atoms with van der Waals surface area (Å²) in [6.07, 6.45) is 1.60. The summed E-state index contributed by atoms with van der Waals surface area (Å²) in [5.41, 5.74) is 0.935. The summed E-state index contributed by atoms with van der Waals surface area (Å²) < 4.78 is 15.7. The van der Waals surface area contributed by atoms with Gasteiger partial charge in [-0.25, -0.2) is 4.39 Å². The van der Waals surface area contributed by atoms with Crippen molar-refractivity contribution in [1.29, 1.82) is 0 Å². The summed E-state index contributed by atoms with van der Waals surface area (Å²) >= 11 is 1.30. The molecule has 0 saturated heterocycles. The van der Waals surface area contributed by atoms with E-state index in [0.29, 0.717) is 16.6 Å². The molecule has 0 bridgehead atoms. The third kappa shape index (κ3) is 2.88. The van der Waals surface area contributed by atoms with E-state index in [9.17, 15) is 4.39 Å². The summed E-state index contributed by atoms with van der Waals surface area (Å²) in [6.45, 7) is 3.52. The fraction of sp³-hybridized carbons (Fsp3) is 0.333. The Morgan fingerprint density at radius 2 is 2.28 bits per heavy atom. The average Bonchev–Trinajstić information content (AvgIpc) is 2.76. The van der Waals surface area contributed by atoms with E-state index in [0.717, 1.165) is 12.1 Å². The lowest BCUT2D eigenvalue weighted by Gasteiger charge is -2.09. The van der Waals surface area contributed by atoms with Crippen LogP contribution in [0.5, 0.6) is 0 Å². The SMILES string of the molecule is CCNCc1cccc(F)c1Sc1nncn1C. The minimum absolute atomic E-state index is 0.224. The van der Waals surface area contributed by atoms with Crippen molar-refractivity contribution >= 4 is 11.8 Å². The van der Waals surface area contributed by atoms with Crippen LogP contribution >= 0.6 is 11.8 Å². The highest BCUT2D eigenvalue weighted by molar-refractivity contribution is 7.99. The third-order valence-corrected chi connectivity index (χ3v) is 3.69. The molecule has 1 aromatic heterocycles. The Kier molecular flexibility index (Phi) is 4.33. The number of nitrogens with one attached hydrogen (secondary N) is 1. The van der Waals surface area contributed by atoms with Gasteiger partial charge >= 0.3 is 0 Å². The van der Waals surface area contributed by atoms with Gasteiger partial charge in [-0.1, -0.05) is 19.1 Å². The van der Waals surface area contributed by atoms with Gasteiger partial charge in [-0.15, -0.1) is 10.2 Å². The molecule has 0 spiro atoms. The molecule has 1 heterocycles. The Morgan fingerprint density at radius 3 is 2.94 bits per heavy atom. The van der Waals surface area contributed by atoms with Crippen LogP contribution in [0.3, 0.4) is 0 Å². The van der Waals surface area contributed by atoms with Crippen molar-refractivity contribution in [3.8, 4) is 0 Å². The van der Waals surface area contributed by atoms with Crippen molar-refractivity contribution in [2.24, 2.45) is 7.05 Å². The zero-order valence-corrected chi connectivity index (χ0v) is 11.2. The Balaban J connectivity index is 2.28. The molecule has 0 fully saturated rings. The molecule has 18 heavy (non-hydrogen) atoms. The maximum absolute atomic E-state index is 13.9. The van der Waals surface area contributed by atoms with Gasteiger partial charge in [0.2, 0.25) is 0 Å². The Labute approximate surface area is 110 Å². The molecule has 1 N–H and O–H groups in total. The molecule has 0 aliphatic rings. The van der Waals surface area contributed by atoms with Crippen molar-refractivity contribution in [3.05, 3.63) is 35.9 Å². The van der Waals surface area contributed by atoms with E-state index >= 15 is 0 Å². The predicted molar refractivity (Wildman–Crippen MR) is 68.9 cm³/mol. The molecule has 96 valence electrons. The number of nitrogens with zero attached hydrogens (tertiary/aromatic N) is 3. The molecular weight excluding hydrogens is 251 g/mol. The fourth-order valence-corrected chi connectivity index (χ4v) is 2.42. The number of rotatable bonds is 5. The first kappa shape index (κ1) is 13.0. The first-order chi connectivity index (χ1) is 8.72. The number of hydrogen-bond donors (Lipinski definition) is 1. The zero-order chi connectivity index (χ0) is 13.0. The second kappa shape index (κ2) is 5.97. The highest BCUT2D eigenvalue weighted by atomic mass is 32.2. The maximum atomic E-state index is 13.9. The van der Waals surface area contributed by atoms with E-state index in [1.54, 1.807) is 17.0 Å². The standard InChI is InChI=1S/C12H15FN4S/c1-3-14-7-9-5-4-6-10(13)11(9)18-12-16-15-8-17(12)2/h4-6,8,14H,3,7H2,1-2H3. The van der Waals surface area contributed by atoms with Gasteiger partial charge in [-0.05, 0) is 29.9 Å². The second-order valence-electron chi connectivity index (χ2n) is 3.83. The number of hydrogen-bond acceptors (Lipinski definition) is 4. The molecule has 2 rings (SSSR count). The number of benzene rings is 1. The van der Waals surface area contributed by atoms with Gasteiger partial charge in [0.1, 0.15) is 12.1 Å². The molecule has 0 saturated carbocycles. The molecule has 0 unspecified atom stereocenters. The van der Waals surface area contributed by atoms with E-state index < -0.39 is 0 Å². The van der Waals surface area contributed by atoms with Crippen LogP contribution in [0.15, 0.2) is 34.6 Å². The average molecular weight is 266 g/mol. The highest BCUT2D eigenvalue weighted by Gasteiger charge is 2.12. The van der Waals surface area contributed by atoms with Gasteiger partial charge in [0.15, 0.2) is 5.16 Å². The number of aryl methyl sites for hydroxylation is 1. The van der Waals surface area contributed by atoms with Gasteiger partial charge in [0.05, 0.1) is 4.90 Å². The van der Waals surface area contributed by atoms with Gasteiger partial charge in [-0.3, -0.25) is 0 Å². The molecule has 0 atom stereocenters. The lowest BCUT2D eigenvalue weighted by molar-refractivity contribution is 0.590. The van der Waals surface area contributed by atoms with Crippen molar-refractivity contribution in [2.75, 3.05) is 6.54 Å². The van der Waals surface area contributed by atoms with E-state index in [1.165, 1.54) is 17.8 Å². The van der Waals surface area contributed by atoms with E-state index in [2.05, 4.69) is 15.5 Å². The minimum atomic E-state index is -0.224. The Morgan fingerprint density at radius 1 is 1.44 bits per heavy atom. The molecule has 0 aliphatic carbocycles. The van der Waals surface area contributed by atoms with Gasteiger partial charge in [0.25, 0.3) is 0 Å². The summed E-state index contributed by atoms with van der Waals surface area (Å²) in [4.78, 5) is 0.606. The quantitative estimate of drug-likeness (QED) is 0.901. The van der Waals surface area contributed by atoms with E-state index in [-0.39, 0.29) is 5.82 Å². The zero-order valence-electron chi connectivity index (χ0n) is 10.4. The van der Waals surface area contributed by atoms with Crippen LogP contribution in [0.4, 0.5) is 4.39 Å². The highest BCUT2D eigenvalue weighted by Crippen LogP contribution is 2.31. The summed E-state index contributed by atoms with van der Waals surface area (Å²) in [7, 11) is 1.84. The lowest BCUT2D eigenvalue weighted by Crippen LogP contribution is -2.12. The number of halogens is 1. The molecule has 4 nitrogen and oxygen atoms in total. The molecule has 0 radical (unpaired) electrons. The van der Waals surface area contributed by atoms with Crippen molar-refractivity contribution in [2.45, 2.75) is 23.5 Å². The summed E-state index contributed by atoms with van der Waals surface area (Å²) in [5.74, 6) is -0.224. The minimum Gasteiger partial charge on any atom is -0.313 e. The Bertz CT molecular complexity index is 527. The fourth-order valence-electron chi connectivity index (χ4n) is 1.52. The van der Waals surface area contributed by atoms with Gasteiger partial charge < -0.3 is 9.88 Å². The van der Waals surface area contributed by atoms with Crippen LogP contribution in [-0.4, -0.2) is 21.3 Å². The third-order valence-electron chi connectivity index (χ3n) is 2.48.